The highest BCUT2D eigenvalue weighted by atomic mass is 127. The number of nitrogens with zero attached hydrogens (tertiary/aromatic N) is 2. The van der Waals surface area contributed by atoms with E-state index in [0.29, 0.717) is 27.4 Å². The third kappa shape index (κ3) is 5.79. The van der Waals surface area contributed by atoms with Gasteiger partial charge in [-0.25, -0.2) is 13.8 Å². The van der Waals surface area contributed by atoms with Gasteiger partial charge in [-0.05, 0) is 65.3 Å². The molecule has 2 heterocycles. The van der Waals surface area contributed by atoms with Crippen molar-refractivity contribution in [3.05, 3.63) is 67.0 Å². The molecule has 1 aromatic rings. The summed E-state index contributed by atoms with van der Waals surface area (Å²) in [7, 11) is 2.00. The maximum Gasteiger partial charge on any atom is 0.257 e. The Balaban J connectivity index is 1.78. The van der Waals surface area contributed by atoms with Crippen LogP contribution < -0.4 is 11.1 Å². The molecular formula is C21H25F2IN4O2S. The summed E-state index contributed by atoms with van der Waals surface area (Å²) in [5.74, 6) is -1.66. The van der Waals surface area contributed by atoms with Gasteiger partial charge in [0.1, 0.15) is 18.2 Å². The van der Waals surface area contributed by atoms with Crippen LogP contribution in [0.25, 0.3) is 0 Å². The highest BCUT2D eigenvalue weighted by Crippen LogP contribution is 2.35. The minimum absolute atomic E-state index is 0.125. The standard InChI is InChI=1S/C21H25F2IN4O2S/c1-12-11-27(2)28-3-4-30-21(31)17(19(12)28)9-18(24)20(29)26-16(10-25)7-13-5-14(22)8-15(23)6-13/h5-6,8-9,16,31H,3-4,7,10-11,25H2,1-2H3,(H,26,29)/b18-9-/t16-/m0/s1. The largest absolute Gasteiger partial charge is 0.485 e. The first-order valence-electron chi connectivity index (χ1n) is 9.77. The second kappa shape index (κ2) is 10.3. The summed E-state index contributed by atoms with van der Waals surface area (Å²) in [4.78, 5) is 12.8. The molecule has 1 amide bonds. The Bertz CT molecular complexity index is 946. The maximum atomic E-state index is 13.5. The van der Waals surface area contributed by atoms with Crippen molar-refractivity contribution in [1.82, 2.24) is 15.3 Å². The lowest BCUT2D eigenvalue weighted by Gasteiger charge is -2.27. The van der Waals surface area contributed by atoms with Crippen LogP contribution in [0.3, 0.4) is 0 Å². The summed E-state index contributed by atoms with van der Waals surface area (Å²) in [6, 6.07) is 2.81. The molecule has 31 heavy (non-hydrogen) atoms. The van der Waals surface area contributed by atoms with Crippen LogP contribution in [0.5, 0.6) is 0 Å². The van der Waals surface area contributed by atoms with Gasteiger partial charge in [0.2, 0.25) is 0 Å². The van der Waals surface area contributed by atoms with E-state index in [1.54, 1.807) is 6.08 Å². The van der Waals surface area contributed by atoms with Crippen molar-refractivity contribution in [2.24, 2.45) is 5.73 Å². The van der Waals surface area contributed by atoms with E-state index in [9.17, 15) is 13.6 Å². The molecule has 2 aliphatic rings. The van der Waals surface area contributed by atoms with Gasteiger partial charge in [-0.2, -0.15) is 0 Å². The normalized spacial score (nSPS) is 18.7. The van der Waals surface area contributed by atoms with E-state index in [0.717, 1.165) is 29.5 Å². The van der Waals surface area contributed by atoms with Crippen molar-refractivity contribution in [3.8, 4) is 0 Å². The van der Waals surface area contributed by atoms with Gasteiger partial charge in [0.05, 0.1) is 15.8 Å². The van der Waals surface area contributed by atoms with Gasteiger partial charge < -0.3 is 20.8 Å². The zero-order chi connectivity index (χ0) is 22.7. The number of benzene rings is 1. The third-order valence-electron chi connectivity index (χ3n) is 5.08. The van der Waals surface area contributed by atoms with Crippen LogP contribution in [0.15, 0.2) is 49.8 Å². The van der Waals surface area contributed by atoms with E-state index >= 15 is 0 Å². The van der Waals surface area contributed by atoms with Crippen molar-refractivity contribution in [2.75, 3.05) is 33.3 Å². The zero-order valence-corrected chi connectivity index (χ0v) is 20.3. The molecule has 0 aromatic heterocycles. The average molecular weight is 562 g/mol. The van der Waals surface area contributed by atoms with Gasteiger partial charge in [-0.3, -0.25) is 4.79 Å². The Kier molecular flexibility index (Phi) is 8.00. The first-order chi connectivity index (χ1) is 14.7. The van der Waals surface area contributed by atoms with Crippen LogP contribution in [0, 0.1) is 11.6 Å². The summed E-state index contributed by atoms with van der Waals surface area (Å²) in [6.07, 6.45) is 1.96. The molecule has 0 aliphatic carbocycles. The van der Waals surface area contributed by atoms with Crippen molar-refractivity contribution < 1.29 is 18.3 Å². The lowest BCUT2D eigenvalue weighted by molar-refractivity contribution is -0.117. The van der Waals surface area contributed by atoms with E-state index in [2.05, 4.69) is 28.0 Å². The molecule has 0 saturated carbocycles. The van der Waals surface area contributed by atoms with E-state index in [-0.39, 0.29) is 18.9 Å². The lowest BCUT2D eigenvalue weighted by atomic mass is 10.1. The Labute approximate surface area is 199 Å². The molecular weight excluding hydrogens is 537 g/mol. The molecule has 0 saturated heterocycles. The Morgan fingerprint density at radius 3 is 2.71 bits per heavy atom. The lowest BCUT2D eigenvalue weighted by Crippen LogP contribution is -2.41. The fourth-order valence-corrected chi connectivity index (χ4v) is 4.47. The summed E-state index contributed by atoms with van der Waals surface area (Å²) in [6.45, 7) is 4.13. The van der Waals surface area contributed by atoms with Crippen molar-refractivity contribution in [3.63, 3.8) is 0 Å². The van der Waals surface area contributed by atoms with Crippen molar-refractivity contribution in [2.45, 2.75) is 19.4 Å². The summed E-state index contributed by atoms with van der Waals surface area (Å²) < 4.78 is 33.1. The highest BCUT2D eigenvalue weighted by molar-refractivity contribution is 14.1. The van der Waals surface area contributed by atoms with Crippen LogP contribution in [-0.2, 0) is 16.0 Å². The highest BCUT2D eigenvalue weighted by Gasteiger charge is 2.31. The molecule has 0 bridgehead atoms. The monoisotopic (exact) mass is 562 g/mol. The number of ether oxygens (including phenoxy) is 1. The number of carbonyl (C=O) groups is 1. The fourth-order valence-electron chi connectivity index (χ4n) is 3.74. The SMILES string of the molecule is CC1=C2C(/C=C(\I)C(=O)N[C@H](CN)Cc3cc(F)cc(F)c3)=C(S)OCCN2N(C)C1. The number of hydrogen-bond acceptors (Lipinski definition) is 6. The zero-order valence-electron chi connectivity index (χ0n) is 17.3. The van der Waals surface area contributed by atoms with E-state index in [1.165, 1.54) is 12.1 Å². The quantitative estimate of drug-likeness (QED) is 0.283. The number of rotatable bonds is 6. The molecule has 6 nitrogen and oxygen atoms in total. The molecule has 2 aliphatic heterocycles. The van der Waals surface area contributed by atoms with E-state index in [4.69, 9.17) is 10.5 Å². The van der Waals surface area contributed by atoms with Crippen LogP contribution in [0.4, 0.5) is 8.78 Å². The Morgan fingerprint density at radius 1 is 1.39 bits per heavy atom. The number of thiol groups is 1. The van der Waals surface area contributed by atoms with Crippen LogP contribution >= 0.6 is 35.2 Å². The first-order valence-corrected chi connectivity index (χ1v) is 11.3. The second-order valence-electron chi connectivity index (χ2n) is 7.52. The number of likely N-dealkylation sites (N-methyl/N-ethyl adjacent to an activating group) is 1. The molecule has 0 radical (unpaired) electrons. The number of halogens is 3. The maximum absolute atomic E-state index is 13.5. The first kappa shape index (κ1) is 24.0. The van der Waals surface area contributed by atoms with Gasteiger partial charge in [0, 0.05) is 37.8 Å². The van der Waals surface area contributed by atoms with E-state index < -0.39 is 17.7 Å². The second-order valence-corrected chi connectivity index (χ2v) is 9.08. The van der Waals surface area contributed by atoms with Crippen LogP contribution in [-0.4, -0.2) is 55.3 Å². The summed E-state index contributed by atoms with van der Waals surface area (Å²) in [5, 5.41) is 7.52. The molecule has 0 unspecified atom stereocenters. The van der Waals surface area contributed by atoms with Crippen molar-refractivity contribution >= 4 is 41.1 Å². The minimum Gasteiger partial charge on any atom is -0.485 e. The van der Waals surface area contributed by atoms with Gasteiger partial charge in [0.25, 0.3) is 5.91 Å². The van der Waals surface area contributed by atoms with Crippen molar-refractivity contribution in [1.29, 1.82) is 0 Å². The van der Waals surface area contributed by atoms with Crippen LogP contribution in [0.1, 0.15) is 12.5 Å². The number of carbonyl (C=O) groups excluding carboxylic acids is 1. The molecule has 1 atom stereocenters. The predicted molar refractivity (Wildman–Crippen MR) is 127 cm³/mol. The minimum atomic E-state index is -0.664. The number of allylic oxidation sites excluding steroid dienone is 1. The van der Waals surface area contributed by atoms with E-state index in [1.807, 2.05) is 36.6 Å². The number of hydrazine groups is 1. The third-order valence-corrected chi connectivity index (χ3v) is 6.25. The summed E-state index contributed by atoms with van der Waals surface area (Å²) >= 11 is 6.46. The predicted octanol–water partition coefficient (Wildman–Crippen LogP) is 2.88. The van der Waals surface area contributed by atoms with Gasteiger partial charge >= 0.3 is 0 Å². The van der Waals surface area contributed by atoms with Gasteiger partial charge in [-0.15, -0.1) is 12.6 Å². The number of nitrogens with two attached hydrogens (primary N) is 1. The average Bonchev–Trinajstić information content (AvgIpc) is 2.86. The smallest absolute Gasteiger partial charge is 0.257 e. The molecule has 3 rings (SSSR count). The van der Waals surface area contributed by atoms with Gasteiger partial charge in [-0.1, -0.05) is 0 Å². The summed E-state index contributed by atoms with van der Waals surface area (Å²) in [5.41, 5.74) is 9.09. The Morgan fingerprint density at radius 2 is 2.06 bits per heavy atom. The molecule has 0 fully saturated rings. The molecule has 0 spiro atoms. The Hall–Kier alpha value is -1.63. The van der Waals surface area contributed by atoms with Crippen LogP contribution in [0.2, 0.25) is 0 Å². The molecule has 3 N–H and O–H groups in total. The molecule has 10 heteroatoms. The number of amides is 1. The molecule has 168 valence electrons. The molecule has 1 aromatic carbocycles. The fraction of sp³-hybridized carbons (Fsp3) is 0.381. The number of fused-ring (bicyclic) bond motifs is 1. The number of hydrogen-bond donors (Lipinski definition) is 3. The number of nitrogens with one attached hydrogen (secondary N) is 1. The van der Waals surface area contributed by atoms with Gasteiger partial charge in [0.15, 0.2) is 5.09 Å². The topological polar surface area (TPSA) is 70.8 Å².